The van der Waals surface area contributed by atoms with Gasteiger partial charge in [-0.25, -0.2) is 0 Å². The first-order valence-corrected chi connectivity index (χ1v) is 7.80. The summed E-state index contributed by atoms with van der Waals surface area (Å²) in [4.78, 5) is 14.7. The quantitative estimate of drug-likeness (QED) is 0.738. The maximum absolute atomic E-state index is 12.8. The fourth-order valence-corrected chi connectivity index (χ4v) is 3.07. The van der Waals surface area contributed by atoms with Crippen LogP contribution in [-0.2, 0) is 11.3 Å². The Kier molecular flexibility index (Phi) is 4.36. The van der Waals surface area contributed by atoms with Gasteiger partial charge in [-0.05, 0) is 32.3 Å². The number of alkyl halides is 2. The Bertz CT molecular complexity index is 489. The van der Waals surface area contributed by atoms with Crippen LogP contribution in [0.2, 0.25) is 0 Å². The molecule has 1 fully saturated rings. The first-order chi connectivity index (χ1) is 9.32. The van der Waals surface area contributed by atoms with Crippen molar-refractivity contribution in [3.8, 4) is 0 Å². The van der Waals surface area contributed by atoms with Crippen LogP contribution in [0.5, 0.6) is 0 Å². The van der Waals surface area contributed by atoms with Gasteiger partial charge in [0.25, 0.3) is 0 Å². The van der Waals surface area contributed by atoms with E-state index in [2.05, 4.69) is 13.8 Å². The number of nitrogens with zero attached hydrogens (tertiary/aromatic N) is 1. The Balaban J connectivity index is 2.19. The fourth-order valence-electron chi connectivity index (χ4n) is 2.38. The van der Waals surface area contributed by atoms with Crippen molar-refractivity contribution in [3.05, 3.63) is 35.9 Å². The minimum Gasteiger partial charge on any atom is -0.335 e. The summed E-state index contributed by atoms with van der Waals surface area (Å²) in [7, 11) is 0. The largest absolute Gasteiger partial charge is 0.335 e. The predicted octanol–water partition coefficient (Wildman–Crippen LogP) is 4.40. The van der Waals surface area contributed by atoms with Gasteiger partial charge in [-0.3, -0.25) is 4.79 Å². The molecule has 0 heterocycles. The summed E-state index contributed by atoms with van der Waals surface area (Å²) in [6.07, 6.45) is 1.44. The minimum absolute atomic E-state index is 0.0562. The molecule has 20 heavy (non-hydrogen) atoms. The zero-order chi connectivity index (χ0) is 15.0. The van der Waals surface area contributed by atoms with Gasteiger partial charge in [0.2, 0.25) is 5.91 Å². The summed E-state index contributed by atoms with van der Waals surface area (Å²) < 4.78 is -0.910. The highest BCUT2D eigenvalue weighted by Crippen LogP contribution is 2.64. The van der Waals surface area contributed by atoms with E-state index in [-0.39, 0.29) is 11.9 Å². The second kappa shape index (κ2) is 5.57. The summed E-state index contributed by atoms with van der Waals surface area (Å²) in [6, 6.07) is 10.2. The van der Waals surface area contributed by atoms with E-state index >= 15 is 0 Å². The molecule has 0 saturated heterocycles. The fraction of sp³-hybridized carbons (Fsp3) is 0.562. The van der Waals surface area contributed by atoms with Crippen molar-refractivity contribution in [2.75, 3.05) is 0 Å². The van der Waals surface area contributed by atoms with Gasteiger partial charge < -0.3 is 4.90 Å². The number of hydrogen-bond donors (Lipinski definition) is 0. The Morgan fingerprint density at radius 2 is 1.90 bits per heavy atom. The summed E-state index contributed by atoms with van der Waals surface area (Å²) in [5.74, 6) is 0.0562. The normalized spacial score (nSPS) is 25.1. The third-order valence-corrected chi connectivity index (χ3v) is 5.41. The van der Waals surface area contributed by atoms with Gasteiger partial charge >= 0.3 is 0 Å². The van der Waals surface area contributed by atoms with E-state index in [9.17, 15) is 4.79 Å². The summed E-state index contributed by atoms with van der Waals surface area (Å²) in [6.45, 7) is 6.61. The minimum atomic E-state index is -0.910. The molecule has 4 heteroatoms. The second-order valence-electron chi connectivity index (χ2n) is 5.89. The van der Waals surface area contributed by atoms with E-state index < -0.39 is 9.75 Å². The molecule has 0 N–H and O–H groups in total. The van der Waals surface area contributed by atoms with E-state index in [1.165, 1.54) is 0 Å². The molecule has 2 rings (SSSR count). The number of halogens is 2. The average molecular weight is 314 g/mol. The van der Waals surface area contributed by atoms with Gasteiger partial charge in [0, 0.05) is 12.6 Å². The summed E-state index contributed by atoms with van der Waals surface area (Å²) in [5.41, 5.74) is 0.481. The van der Waals surface area contributed by atoms with Crippen molar-refractivity contribution in [1.82, 2.24) is 4.90 Å². The topological polar surface area (TPSA) is 20.3 Å². The molecule has 2 unspecified atom stereocenters. The molecule has 1 aromatic rings. The van der Waals surface area contributed by atoms with Gasteiger partial charge in [0.1, 0.15) is 4.33 Å². The molecule has 1 aromatic carbocycles. The van der Waals surface area contributed by atoms with Gasteiger partial charge in [-0.15, -0.1) is 23.2 Å². The van der Waals surface area contributed by atoms with E-state index in [1.807, 2.05) is 42.2 Å². The number of amides is 1. The molecule has 2 nitrogen and oxygen atoms in total. The van der Waals surface area contributed by atoms with Crippen molar-refractivity contribution < 1.29 is 4.79 Å². The van der Waals surface area contributed by atoms with E-state index in [1.54, 1.807) is 0 Å². The average Bonchev–Trinajstić information content (AvgIpc) is 2.96. The standard InChI is InChI=1S/C16H21Cl2NO/c1-4-12(2)19(10-13-8-6-5-7-9-13)14(20)15(3)11-16(15,17)18/h5-9,12H,4,10-11H2,1-3H3. The van der Waals surface area contributed by atoms with Gasteiger partial charge in [-0.1, -0.05) is 37.3 Å². The maximum atomic E-state index is 12.8. The summed E-state index contributed by atoms with van der Waals surface area (Å²) in [5, 5.41) is 0. The van der Waals surface area contributed by atoms with Crippen LogP contribution in [0.4, 0.5) is 0 Å². The van der Waals surface area contributed by atoms with Crippen LogP contribution in [0.15, 0.2) is 30.3 Å². The van der Waals surface area contributed by atoms with Crippen LogP contribution in [0.25, 0.3) is 0 Å². The number of carbonyl (C=O) groups excluding carboxylic acids is 1. The molecule has 0 aromatic heterocycles. The van der Waals surface area contributed by atoms with Crippen molar-refractivity contribution in [1.29, 1.82) is 0 Å². The lowest BCUT2D eigenvalue weighted by atomic mass is 10.0. The van der Waals surface area contributed by atoms with Crippen molar-refractivity contribution in [2.24, 2.45) is 5.41 Å². The first kappa shape index (κ1) is 15.7. The van der Waals surface area contributed by atoms with Crippen molar-refractivity contribution >= 4 is 29.1 Å². The SMILES string of the molecule is CCC(C)N(Cc1ccccc1)C(=O)C1(C)CC1(Cl)Cl. The van der Waals surface area contributed by atoms with Crippen LogP contribution in [-0.4, -0.2) is 21.2 Å². The highest BCUT2D eigenvalue weighted by molar-refractivity contribution is 6.53. The molecule has 0 bridgehead atoms. The number of hydrogen-bond acceptors (Lipinski definition) is 1. The zero-order valence-electron chi connectivity index (χ0n) is 12.2. The molecular formula is C16H21Cl2NO. The third kappa shape index (κ3) is 2.82. The molecule has 0 radical (unpaired) electrons. The van der Waals surface area contributed by atoms with E-state index in [0.717, 1.165) is 12.0 Å². The van der Waals surface area contributed by atoms with E-state index in [4.69, 9.17) is 23.2 Å². The molecule has 0 spiro atoms. The Morgan fingerprint density at radius 1 is 1.35 bits per heavy atom. The second-order valence-corrected chi connectivity index (χ2v) is 7.37. The maximum Gasteiger partial charge on any atom is 0.232 e. The molecule has 1 amide bonds. The molecule has 1 aliphatic rings. The van der Waals surface area contributed by atoms with Crippen LogP contribution < -0.4 is 0 Å². The van der Waals surface area contributed by atoms with Gasteiger partial charge in [0.05, 0.1) is 5.41 Å². The van der Waals surface area contributed by atoms with Crippen LogP contribution in [0.3, 0.4) is 0 Å². The lowest BCUT2D eigenvalue weighted by molar-refractivity contribution is -0.139. The highest BCUT2D eigenvalue weighted by atomic mass is 35.5. The zero-order valence-corrected chi connectivity index (χ0v) is 13.7. The molecule has 0 aliphatic heterocycles. The number of rotatable bonds is 5. The van der Waals surface area contributed by atoms with Crippen molar-refractivity contribution in [2.45, 2.75) is 50.5 Å². The molecule has 1 saturated carbocycles. The van der Waals surface area contributed by atoms with Crippen LogP contribution in [0.1, 0.15) is 39.2 Å². The summed E-state index contributed by atoms with van der Waals surface area (Å²) >= 11 is 12.3. The van der Waals surface area contributed by atoms with Crippen molar-refractivity contribution in [3.63, 3.8) is 0 Å². The Morgan fingerprint density at radius 3 is 2.35 bits per heavy atom. The van der Waals surface area contributed by atoms with Crippen LogP contribution >= 0.6 is 23.2 Å². The molecular weight excluding hydrogens is 293 g/mol. The van der Waals surface area contributed by atoms with Crippen LogP contribution in [0, 0.1) is 5.41 Å². The number of carbonyl (C=O) groups is 1. The lowest BCUT2D eigenvalue weighted by Gasteiger charge is -2.32. The lowest BCUT2D eigenvalue weighted by Crippen LogP contribution is -2.43. The smallest absolute Gasteiger partial charge is 0.232 e. The van der Waals surface area contributed by atoms with E-state index in [0.29, 0.717) is 13.0 Å². The van der Waals surface area contributed by atoms with Gasteiger partial charge in [0.15, 0.2) is 0 Å². The third-order valence-electron chi connectivity index (χ3n) is 4.31. The number of benzene rings is 1. The Labute approximate surface area is 131 Å². The molecule has 2 atom stereocenters. The monoisotopic (exact) mass is 313 g/mol. The molecule has 110 valence electrons. The first-order valence-electron chi connectivity index (χ1n) is 7.04. The molecule has 1 aliphatic carbocycles. The van der Waals surface area contributed by atoms with Gasteiger partial charge in [-0.2, -0.15) is 0 Å². The highest BCUT2D eigenvalue weighted by Gasteiger charge is 2.68. The Hall–Kier alpha value is -0.730. The predicted molar refractivity (Wildman–Crippen MR) is 83.9 cm³/mol.